The summed E-state index contributed by atoms with van der Waals surface area (Å²) in [6.07, 6.45) is 3.96. The highest BCUT2D eigenvalue weighted by atomic mass is 32.2. The van der Waals surface area contributed by atoms with E-state index >= 15 is 0 Å². The molecule has 2 aromatic rings. The fraction of sp³-hybridized carbons (Fsp3) is 0.440. The molecule has 2 aromatic carbocycles. The van der Waals surface area contributed by atoms with Crippen LogP contribution < -0.4 is 10.6 Å². The first kappa shape index (κ1) is 25.3. The van der Waals surface area contributed by atoms with E-state index < -0.39 is 10.2 Å². The third-order valence-corrected chi connectivity index (χ3v) is 8.43. The first-order valence-corrected chi connectivity index (χ1v) is 13.6. The van der Waals surface area contributed by atoms with Crippen molar-refractivity contribution in [2.45, 2.75) is 25.7 Å². The van der Waals surface area contributed by atoms with Gasteiger partial charge in [-0.15, -0.1) is 0 Å². The number of benzene rings is 2. The molecule has 0 radical (unpaired) electrons. The minimum absolute atomic E-state index is 0.131. The second kappa shape index (κ2) is 11.8. The quantitative estimate of drug-likeness (QED) is 0.610. The molecular weight excluding hydrogens is 466 g/mol. The second-order valence-corrected chi connectivity index (χ2v) is 10.8. The number of para-hydroxylation sites is 2. The number of hydrogen-bond acceptors (Lipinski definition) is 5. The predicted octanol–water partition coefficient (Wildman–Crippen LogP) is 2.62. The Labute approximate surface area is 207 Å². The maximum absolute atomic E-state index is 13.0. The van der Waals surface area contributed by atoms with Gasteiger partial charge in [0.05, 0.1) is 17.8 Å². The van der Waals surface area contributed by atoms with E-state index in [1.165, 1.54) is 4.31 Å². The van der Waals surface area contributed by atoms with Gasteiger partial charge < -0.3 is 10.6 Å². The molecule has 2 aliphatic rings. The van der Waals surface area contributed by atoms with Gasteiger partial charge >= 0.3 is 0 Å². The number of anilines is 2. The molecule has 35 heavy (non-hydrogen) atoms. The SMILES string of the molecule is O=C(CN1CCN(S(=O)(=O)N2CCCCCC2)CC1)Nc1ccccc1C(=O)Nc1ccccc1. The lowest BCUT2D eigenvalue weighted by Gasteiger charge is -2.36. The van der Waals surface area contributed by atoms with Crippen molar-refractivity contribution in [2.75, 3.05) is 56.4 Å². The third kappa shape index (κ3) is 6.66. The number of amides is 2. The maximum atomic E-state index is 13.0. The standard InChI is InChI=1S/C25H33N5O4S/c31-24(27-23-13-7-6-12-22(23)25(32)26-21-10-4-3-5-11-21)20-28-16-18-30(19-17-28)35(33,34)29-14-8-1-2-9-15-29/h3-7,10-13H,1-2,8-9,14-20H2,(H,26,32)(H,27,31). The van der Waals surface area contributed by atoms with E-state index in [9.17, 15) is 18.0 Å². The molecule has 10 heteroatoms. The molecule has 2 aliphatic heterocycles. The molecule has 9 nitrogen and oxygen atoms in total. The lowest BCUT2D eigenvalue weighted by molar-refractivity contribution is -0.117. The highest BCUT2D eigenvalue weighted by Crippen LogP contribution is 2.19. The topological polar surface area (TPSA) is 102 Å². The van der Waals surface area contributed by atoms with Crippen molar-refractivity contribution >= 4 is 33.4 Å². The van der Waals surface area contributed by atoms with Gasteiger partial charge in [0.1, 0.15) is 0 Å². The van der Waals surface area contributed by atoms with Gasteiger partial charge in [0, 0.05) is 45.0 Å². The zero-order valence-corrected chi connectivity index (χ0v) is 20.7. The van der Waals surface area contributed by atoms with Crippen molar-refractivity contribution in [3.05, 3.63) is 60.2 Å². The van der Waals surface area contributed by atoms with Gasteiger partial charge in [-0.25, -0.2) is 0 Å². The van der Waals surface area contributed by atoms with Crippen LogP contribution in [0.25, 0.3) is 0 Å². The Morgan fingerprint density at radius 1 is 0.714 bits per heavy atom. The Balaban J connectivity index is 1.30. The number of hydrogen-bond donors (Lipinski definition) is 2. The van der Waals surface area contributed by atoms with Crippen LogP contribution in [0.4, 0.5) is 11.4 Å². The lowest BCUT2D eigenvalue weighted by atomic mass is 10.1. The van der Waals surface area contributed by atoms with Gasteiger partial charge in [0.25, 0.3) is 16.1 Å². The summed E-state index contributed by atoms with van der Waals surface area (Å²) in [4.78, 5) is 27.4. The molecule has 2 saturated heterocycles. The second-order valence-electron chi connectivity index (χ2n) is 8.91. The number of rotatable bonds is 7. The van der Waals surface area contributed by atoms with E-state index in [-0.39, 0.29) is 18.4 Å². The first-order valence-electron chi connectivity index (χ1n) is 12.2. The molecular formula is C25H33N5O4S. The van der Waals surface area contributed by atoms with Gasteiger partial charge in [-0.3, -0.25) is 14.5 Å². The fourth-order valence-electron chi connectivity index (χ4n) is 4.46. The molecule has 2 N–H and O–H groups in total. The Kier molecular flexibility index (Phi) is 8.50. The summed E-state index contributed by atoms with van der Waals surface area (Å²) in [6, 6.07) is 16.0. The average molecular weight is 500 g/mol. The summed E-state index contributed by atoms with van der Waals surface area (Å²) in [5, 5.41) is 5.68. The summed E-state index contributed by atoms with van der Waals surface area (Å²) in [7, 11) is -3.45. The highest BCUT2D eigenvalue weighted by molar-refractivity contribution is 7.86. The number of nitrogens with zero attached hydrogens (tertiary/aromatic N) is 3. The fourth-order valence-corrected chi connectivity index (χ4v) is 6.13. The summed E-state index contributed by atoms with van der Waals surface area (Å²) < 4.78 is 29.2. The van der Waals surface area contributed by atoms with Crippen LogP contribution >= 0.6 is 0 Å². The Morgan fingerprint density at radius 2 is 1.31 bits per heavy atom. The first-order chi connectivity index (χ1) is 16.9. The number of carbonyl (C=O) groups excluding carboxylic acids is 2. The van der Waals surface area contributed by atoms with Crippen molar-refractivity contribution in [3.63, 3.8) is 0 Å². The molecule has 0 bridgehead atoms. The Hall–Kier alpha value is -2.79. The molecule has 0 aliphatic carbocycles. The zero-order valence-electron chi connectivity index (χ0n) is 19.9. The Bertz CT molecular complexity index is 1110. The van der Waals surface area contributed by atoms with E-state index in [0.717, 1.165) is 25.7 Å². The van der Waals surface area contributed by atoms with Crippen molar-refractivity contribution in [1.82, 2.24) is 13.5 Å². The smallest absolute Gasteiger partial charge is 0.282 e. The average Bonchev–Trinajstić information content (AvgIpc) is 3.16. The molecule has 2 heterocycles. The minimum atomic E-state index is -3.45. The third-order valence-electron chi connectivity index (χ3n) is 6.39. The van der Waals surface area contributed by atoms with Crippen LogP contribution in [-0.2, 0) is 15.0 Å². The summed E-state index contributed by atoms with van der Waals surface area (Å²) in [5.74, 6) is -0.548. The number of carbonyl (C=O) groups is 2. The number of piperazine rings is 1. The van der Waals surface area contributed by atoms with Crippen molar-refractivity contribution < 1.29 is 18.0 Å². The normalized spacial score (nSPS) is 18.5. The maximum Gasteiger partial charge on any atom is 0.282 e. The monoisotopic (exact) mass is 499 g/mol. The van der Waals surface area contributed by atoms with Crippen LogP contribution in [0, 0.1) is 0 Å². The van der Waals surface area contributed by atoms with Crippen LogP contribution in [0.1, 0.15) is 36.0 Å². The predicted molar refractivity (Wildman–Crippen MR) is 136 cm³/mol. The highest BCUT2D eigenvalue weighted by Gasteiger charge is 2.32. The van der Waals surface area contributed by atoms with Crippen LogP contribution in [0.5, 0.6) is 0 Å². The van der Waals surface area contributed by atoms with E-state index in [2.05, 4.69) is 10.6 Å². The molecule has 188 valence electrons. The lowest BCUT2D eigenvalue weighted by Crippen LogP contribution is -2.54. The van der Waals surface area contributed by atoms with Crippen molar-refractivity contribution in [1.29, 1.82) is 0 Å². The summed E-state index contributed by atoms with van der Waals surface area (Å²) >= 11 is 0. The molecule has 2 fully saturated rings. The molecule has 0 aromatic heterocycles. The van der Waals surface area contributed by atoms with Gasteiger partial charge in [0.15, 0.2) is 0 Å². The molecule has 0 spiro atoms. The van der Waals surface area contributed by atoms with Gasteiger partial charge in [-0.2, -0.15) is 17.0 Å². The Morgan fingerprint density at radius 3 is 2.00 bits per heavy atom. The minimum Gasteiger partial charge on any atom is -0.324 e. The molecule has 0 saturated carbocycles. The number of nitrogens with one attached hydrogen (secondary N) is 2. The van der Waals surface area contributed by atoms with Crippen molar-refractivity contribution in [3.8, 4) is 0 Å². The zero-order chi connectivity index (χ0) is 24.7. The van der Waals surface area contributed by atoms with Gasteiger partial charge in [-0.05, 0) is 37.1 Å². The van der Waals surface area contributed by atoms with Crippen LogP contribution in [0.2, 0.25) is 0 Å². The van der Waals surface area contributed by atoms with Crippen LogP contribution in [-0.4, -0.2) is 79.6 Å². The van der Waals surface area contributed by atoms with Crippen molar-refractivity contribution in [2.24, 2.45) is 0 Å². The molecule has 0 atom stereocenters. The van der Waals surface area contributed by atoms with Crippen LogP contribution in [0.15, 0.2) is 54.6 Å². The molecule has 2 amide bonds. The van der Waals surface area contributed by atoms with Gasteiger partial charge in [-0.1, -0.05) is 43.2 Å². The summed E-state index contributed by atoms with van der Waals surface area (Å²) in [5.41, 5.74) is 1.48. The van der Waals surface area contributed by atoms with E-state index in [4.69, 9.17) is 0 Å². The molecule has 4 rings (SSSR count). The van der Waals surface area contributed by atoms with Gasteiger partial charge in [0.2, 0.25) is 5.91 Å². The largest absolute Gasteiger partial charge is 0.324 e. The van der Waals surface area contributed by atoms with Crippen LogP contribution in [0.3, 0.4) is 0 Å². The molecule has 0 unspecified atom stereocenters. The van der Waals surface area contributed by atoms with E-state index in [1.54, 1.807) is 40.7 Å². The summed E-state index contributed by atoms with van der Waals surface area (Å²) in [6.45, 7) is 2.99. The van der Waals surface area contributed by atoms with E-state index in [0.29, 0.717) is 56.2 Å². The van der Waals surface area contributed by atoms with E-state index in [1.807, 2.05) is 23.1 Å².